The van der Waals surface area contributed by atoms with E-state index in [-0.39, 0.29) is 17.3 Å². The summed E-state index contributed by atoms with van der Waals surface area (Å²) in [6.45, 7) is 6.21. The molecule has 0 fully saturated rings. The normalized spacial score (nSPS) is 11.3. The number of carbonyl (C=O) groups excluding carboxylic acids is 1. The molecule has 0 saturated carbocycles. The molecule has 2 aromatic carbocycles. The largest absolute Gasteiger partial charge is 0.355 e. The number of halogens is 1. The molecule has 28 heavy (non-hydrogen) atoms. The van der Waals surface area contributed by atoms with Crippen LogP contribution in [0.3, 0.4) is 0 Å². The summed E-state index contributed by atoms with van der Waals surface area (Å²) in [5.74, 6) is -0.327. The topological polar surface area (TPSA) is 66.5 Å². The molecular weight excluding hydrogens is 396 g/mol. The van der Waals surface area contributed by atoms with Crippen molar-refractivity contribution >= 4 is 33.2 Å². The third kappa shape index (κ3) is 5.72. The lowest BCUT2D eigenvalue weighted by molar-refractivity contribution is -0.119. The van der Waals surface area contributed by atoms with Crippen molar-refractivity contribution in [2.24, 2.45) is 0 Å². The second-order valence-corrected chi connectivity index (χ2v) is 9.09. The lowest BCUT2D eigenvalue weighted by Gasteiger charge is -2.25. The Morgan fingerprint density at radius 1 is 1.04 bits per heavy atom. The van der Waals surface area contributed by atoms with Crippen molar-refractivity contribution in [3.05, 3.63) is 58.6 Å². The van der Waals surface area contributed by atoms with Crippen molar-refractivity contribution < 1.29 is 13.2 Å². The Kier molecular flexibility index (Phi) is 7.89. The average Bonchev–Trinajstić information content (AvgIpc) is 2.66. The molecule has 0 aromatic heterocycles. The van der Waals surface area contributed by atoms with Crippen LogP contribution in [0.15, 0.2) is 47.4 Å². The fraction of sp³-hybridized carbons (Fsp3) is 0.381. The number of anilines is 1. The zero-order chi connectivity index (χ0) is 20.7. The van der Waals surface area contributed by atoms with Crippen molar-refractivity contribution in [3.63, 3.8) is 0 Å². The standard InChI is InChI=1S/C21H27ClN2O3S/c1-4-5-6-13-23-21(25)15-24(19-10-7-16(2)17(3)14-19)28(26,27)20-11-8-18(22)9-12-20/h7-12,14H,4-6,13,15H2,1-3H3,(H,23,25). The van der Waals surface area contributed by atoms with E-state index in [1.54, 1.807) is 12.1 Å². The summed E-state index contributed by atoms with van der Waals surface area (Å²) < 4.78 is 27.7. The molecule has 7 heteroatoms. The number of sulfonamides is 1. The summed E-state index contributed by atoms with van der Waals surface area (Å²) in [7, 11) is -3.92. The van der Waals surface area contributed by atoms with Gasteiger partial charge in [0, 0.05) is 11.6 Å². The van der Waals surface area contributed by atoms with E-state index in [0.717, 1.165) is 34.7 Å². The van der Waals surface area contributed by atoms with Crippen molar-refractivity contribution in [1.29, 1.82) is 0 Å². The second-order valence-electron chi connectivity index (χ2n) is 6.79. The Labute approximate surface area is 172 Å². The van der Waals surface area contributed by atoms with Gasteiger partial charge in [-0.2, -0.15) is 0 Å². The number of rotatable bonds is 9. The first-order chi connectivity index (χ1) is 13.3. The van der Waals surface area contributed by atoms with Gasteiger partial charge in [-0.05, 0) is 67.8 Å². The number of hydrogen-bond donors (Lipinski definition) is 1. The maximum atomic E-state index is 13.3. The molecule has 0 radical (unpaired) electrons. The highest BCUT2D eigenvalue weighted by Gasteiger charge is 2.27. The first-order valence-corrected chi connectivity index (χ1v) is 11.2. The van der Waals surface area contributed by atoms with E-state index in [9.17, 15) is 13.2 Å². The molecule has 0 aliphatic carbocycles. The predicted octanol–water partition coefficient (Wildman–Crippen LogP) is 4.46. The molecular formula is C21H27ClN2O3S. The molecule has 1 N–H and O–H groups in total. The quantitative estimate of drug-likeness (QED) is 0.606. The molecule has 5 nitrogen and oxygen atoms in total. The van der Waals surface area contributed by atoms with E-state index in [0.29, 0.717) is 17.3 Å². The van der Waals surface area contributed by atoms with Gasteiger partial charge in [0.1, 0.15) is 6.54 Å². The first-order valence-electron chi connectivity index (χ1n) is 9.38. The minimum absolute atomic E-state index is 0.0916. The Hall–Kier alpha value is -2.05. The summed E-state index contributed by atoms with van der Waals surface area (Å²) in [5.41, 5.74) is 2.47. The van der Waals surface area contributed by atoms with Crippen molar-refractivity contribution in [2.75, 3.05) is 17.4 Å². The molecule has 0 unspecified atom stereocenters. The van der Waals surface area contributed by atoms with Gasteiger partial charge < -0.3 is 5.32 Å². The van der Waals surface area contributed by atoms with Crippen LogP contribution < -0.4 is 9.62 Å². The van der Waals surface area contributed by atoms with Gasteiger partial charge in [0.2, 0.25) is 5.91 Å². The fourth-order valence-corrected chi connectivity index (χ4v) is 4.26. The number of aryl methyl sites for hydroxylation is 2. The van der Waals surface area contributed by atoms with Crippen molar-refractivity contribution in [2.45, 2.75) is 44.9 Å². The third-order valence-corrected chi connectivity index (χ3v) is 6.61. The number of unbranched alkanes of at least 4 members (excludes halogenated alkanes) is 2. The zero-order valence-corrected chi connectivity index (χ0v) is 18.1. The van der Waals surface area contributed by atoms with E-state index in [4.69, 9.17) is 11.6 Å². The number of benzene rings is 2. The number of nitrogens with one attached hydrogen (secondary N) is 1. The van der Waals surface area contributed by atoms with Gasteiger partial charge >= 0.3 is 0 Å². The predicted molar refractivity (Wildman–Crippen MR) is 114 cm³/mol. The number of carbonyl (C=O) groups is 1. The highest BCUT2D eigenvalue weighted by atomic mass is 35.5. The Morgan fingerprint density at radius 3 is 2.32 bits per heavy atom. The van der Waals surface area contributed by atoms with Crippen molar-refractivity contribution in [3.8, 4) is 0 Å². The van der Waals surface area contributed by atoms with Crippen LogP contribution in [-0.2, 0) is 14.8 Å². The smallest absolute Gasteiger partial charge is 0.264 e. The van der Waals surface area contributed by atoms with Gasteiger partial charge in [-0.25, -0.2) is 8.42 Å². The van der Waals surface area contributed by atoms with E-state index >= 15 is 0 Å². The van der Waals surface area contributed by atoms with Gasteiger partial charge in [0.25, 0.3) is 10.0 Å². The Bertz CT molecular complexity index is 912. The number of nitrogens with zero attached hydrogens (tertiary/aromatic N) is 1. The maximum Gasteiger partial charge on any atom is 0.264 e. The summed E-state index contributed by atoms with van der Waals surface area (Å²) >= 11 is 5.89. The van der Waals surface area contributed by atoms with Crippen LogP contribution in [0.4, 0.5) is 5.69 Å². The SMILES string of the molecule is CCCCCNC(=O)CN(c1ccc(C)c(C)c1)S(=O)(=O)c1ccc(Cl)cc1. The molecule has 0 bridgehead atoms. The van der Waals surface area contributed by atoms with Crippen LogP contribution in [0.25, 0.3) is 0 Å². The van der Waals surface area contributed by atoms with Crippen LogP contribution in [0.5, 0.6) is 0 Å². The summed E-state index contributed by atoms with van der Waals surface area (Å²) in [6, 6.07) is 11.3. The van der Waals surface area contributed by atoms with Crippen LogP contribution in [-0.4, -0.2) is 27.4 Å². The minimum atomic E-state index is -3.92. The van der Waals surface area contributed by atoms with Gasteiger partial charge in [-0.15, -0.1) is 0 Å². The highest BCUT2D eigenvalue weighted by molar-refractivity contribution is 7.92. The molecule has 0 heterocycles. The molecule has 0 spiro atoms. The summed E-state index contributed by atoms with van der Waals surface area (Å²) in [5, 5.41) is 3.26. The lowest BCUT2D eigenvalue weighted by atomic mass is 10.1. The molecule has 1 amide bonds. The minimum Gasteiger partial charge on any atom is -0.355 e. The maximum absolute atomic E-state index is 13.3. The molecule has 2 aromatic rings. The number of amides is 1. The van der Waals surface area contributed by atoms with Crippen LogP contribution in [0.2, 0.25) is 5.02 Å². The van der Waals surface area contributed by atoms with Crippen molar-refractivity contribution in [1.82, 2.24) is 5.32 Å². The molecule has 0 aliphatic heterocycles. The monoisotopic (exact) mass is 422 g/mol. The molecule has 0 atom stereocenters. The molecule has 0 saturated heterocycles. The second kappa shape index (κ2) is 9.94. The van der Waals surface area contributed by atoms with E-state index in [1.165, 1.54) is 24.3 Å². The van der Waals surface area contributed by atoms with Crippen LogP contribution >= 0.6 is 11.6 Å². The Morgan fingerprint density at radius 2 is 1.71 bits per heavy atom. The van der Waals surface area contributed by atoms with E-state index in [2.05, 4.69) is 12.2 Å². The third-order valence-electron chi connectivity index (χ3n) is 4.57. The lowest BCUT2D eigenvalue weighted by Crippen LogP contribution is -2.41. The average molecular weight is 423 g/mol. The fourth-order valence-electron chi connectivity index (χ4n) is 2.72. The van der Waals surface area contributed by atoms with E-state index < -0.39 is 10.0 Å². The zero-order valence-electron chi connectivity index (χ0n) is 16.5. The first kappa shape index (κ1) is 22.2. The van der Waals surface area contributed by atoms with E-state index in [1.807, 2.05) is 19.9 Å². The van der Waals surface area contributed by atoms with Gasteiger partial charge in [-0.3, -0.25) is 9.10 Å². The Balaban J connectivity index is 2.34. The summed E-state index contributed by atoms with van der Waals surface area (Å²) in [6.07, 6.45) is 2.94. The molecule has 2 rings (SSSR count). The number of hydrogen-bond acceptors (Lipinski definition) is 3. The van der Waals surface area contributed by atoms with Gasteiger partial charge in [-0.1, -0.05) is 37.4 Å². The van der Waals surface area contributed by atoms with Gasteiger partial charge in [0.05, 0.1) is 10.6 Å². The van der Waals surface area contributed by atoms with Crippen LogP contribution in [0, 0.1) is 13.8 Å². The molecule has 152 valence electrons. The van der Waals surface area contributed by atoms with Crippen LogP contribution in [0.1, 0.15) is 37.3 Å². The van der Waals surface area contributed by atoms with Gasteiger partial charge in [0.15, 0.2) is 0 Å². The highest BCUT2D eigenvalue weighted by Crippen LogP contribution is 2.26. The summed E-state index contributed by atoms with van der Waals surface area (Å²) in [4.78, 5) is 12.5. The molecule has 0 aliphatic rings.